The third-order valence-electron chi connectivity index (χ3n) is 4.29. The monoisotopic (exact) mass is 408 g/mol. The molecular weight excluding hydrogens is 387 g/mol. The number of sulfone groups is 1. The molecule has 1 fully saturated rings. The number of halogens is 1. The van der Waals surface area contributed by atoms with Crippen LogP contribution in [0.5, 0.6) is 0 Å². The summed E-state index contributed by atoms with van der Waals surface area (Å²) in [7, 11) is -4.09. The normalized spacial score (nSPS) is 16.8. The molecule has 1 aliphatic heterocycles. The van der Waals surface area contributed by atoms with Crippen LogP contribution in [0.2, 0.25) is 0 Å². The molecule has 0 aliphatic carbocycles. The minimum Gasteiger partial charge on any atom is -0.376 e. The molecule has 150 valence electrons. The Kier molecular flexibility index (Phi) is 6.20. The fourth-order valence-corrected chi connectivity index (χ4v) is 4.21. The molecule has 10 heteroatoms. The number of rotatable bonds is 8. The molecule has 2 heterocycles. The van der Waals surface area contributed by atoms with Gasteiger partial charge in [-0.05, 0) is 25.0 Å². The van der Waals surface area contributed by atoms with E-state index in [-0.39, 0.29) is 30.6 Å². The standard InChI is InChI=1S/C18H21FN4O4S/c1-2-9-23-17(14-7-3-4-8-15(14)19)21-22-18(23)28(25,26)12-16(24)20-11-13-6-5-10-27-13/h2-4,7-8,13H,1,5-6,9-12H2,(H,20,24)/t13-/m0/s1. The first-order chi connectivity index (χ1) is 13.4. The number of aromatic nitrogens is 3. The minimum absolute atomic E-state index is 0.0444. The van der Waals surface area contributed by atoms with Gasteiger partial charge in [-0.2, -0.15) is 0 Å². The number of hydrogen-bond acceptors (Lipinski definition) is 6. The van der Waals surface area contributed by atoms with Crippen molar-refractivity contribution in [3.8, 4) is 11.4 Å². The second-order valence-corrected chi connectivity index (χ2v) is 8.27. The summed E-state index contributed by atoms with van der Waals surface area (Å²) in [6.07, 6.45) is 3.10. The third kappa shape index (κ3) is 4.45. The molecule has 1 aromatic heterocycles. The van der Waals surface area contributed by atoms with Gasteiger partial charge in [-0.3, -0.25) is 9.36 Å². The van der Waals surface area contributed by atoms with Crippen LogP contribution in [0, 0.1) is 5.82 Å². The number of carbonyl (C=O) groups is 1. The highest BCUT2D eigenvalue weighted by atomic mass is 32.2. The molecule has 28 heavy (non-hydrogen) atoms. The molecule has 1 atom stereocenters. The Balaban J connectivity index is 1.82. The van der Waals surface area contributed by atoms with Crippen LogP contribution in [0.15, 0.2) is 42.1 Å². The average molecular weight is 408 g/mol. The van der Waals surface area contributed by atoms with E-state index in [4.69, 9.17) is 4.74 Å². The van der Waals surface area contributed by atoms with Gasteiger partial charge < -0.3 is 10.1 Å². The number of nitrogens with zero attached hydrogens (tertiary/aromatic N) is 3. The van der Waals surface area contributed by atoms with E-state index in [9.17, 15) is 17.6 Å². The van der Waals surface area contributed by atoms with Crippen molar-refractivity contribution in [2.45, 2.75) is 30.6 Å². The van der Waals surface area contributed by atoms with Crippen LogP contribution in [-0.4, -0.2) is 54.1 Å². The summed E-state index contributed by atoms with van der Waals surface area (Å²) in [5.41, 5.74) is 0.112. The smallest absolute Gasteiger partial charge is 0.250 e. The number of allylic oxidation sites excluding steroid dienone is 1. The van der Waals surface area contributed by atoms with Crippen LogP contribution in [0.3, 0.4) is 0 Å². The zero-order valence-corrected chi connectivity index (χ0v) is 16.0. The summed E-state index contributed by atoms with van der Waals surface area (Å²) in [5, 5.41) is 9.73. The van der Waals surface area contributed by atoms with E-state index in [2.05, 4.69) is 22.1 Å². The zero-order chi connectivity index (χ0) is 20.1. The third-order valence-corrected chi connectivity index (χ3v) is 5.79. The Morgan fingerprint density at radius 1 is 1.39 bits per heavy atom. The van der Waals surface area contributed by atoms with Crippen LogP contribution in [-0.2, 0) is 25.9 Å². The summed E-state index contributed by atoms with van der Waals surface area (Å²) in [6.45, 7) is 4.54. The summed E-state index contributed by atoms with van der Waals surface area (Å²) >= 11 is 0. The van der Waals surface area contributed by atoms with E-state index in [0.29, 0.717) is 6.61 Å². The molecule has 2 aromatic rings. The van der Waals surface area contributed by atoms with E-state index in [0.717, 1.165) is 12.8 Å². The number of benzene rings is 1. The molecular formula is C18H21FN4O4S. The summed E-state index contributed by atoms with van der Waals surface area (Å²) < 4.78 is 46.2. The van der Waals surface area contributed by atoms with Gasteiger partial charge in [0.2, 0.25) is 15.7 Å². The van der Waals surface area contributed by atoms with Gasteiger partial charge in [0.25, 0.3) is 5.16 Å². The van der Waals surface area contributed by atoms with Crippen LogP contribution >= 0.6 is 0 Å². The van der Waals surface area contributed by atoms with Gasteiger partial charge in [0.05, 0.1) is 11.7 Å². The molecule has 0 saturated carbocycles. The lowest BCUT2D eigenvalue weighted by atomic mass is 10.2. The summed E-state index contributed by atoms with van der Waals surface area (Å²) in [6, 6.07) is 5.85. The lowest BCUT2D eigenvalue weighted by Crippen LogP contribution is -2.36. The van der Waals surface area contributed by atoms with E-state index in [1.54, 1.807) is 6.07 Å². The summed E-state index contributed by atoms with van der Waals surface area (Å²) in [4.78, 5) is 12.1. The van der Waals surface area contributed by atoms with Crippen LogP contribution in [0.1, 0.15) is 12.8 Å². The van der Waals surface area contributed by atoms with E-state index in [1.807, 2.05) is 0 Å². The quantitative estimate of drug-likeness (QED) is 0.661. The predicted molar refractivity (Wildman–Crippen MR) is 99.6 cm³/mol. The van der Waals surface area contributed by atoms with Crippen molar-refractivity contribution in [2.24, 2.45) is 0 Å². The van der Waals surface area contributed by atoms with Gasteiger partial charge in [-0.15, -0.1) is 16.8 Å². The molecule has 3 rings (SSSR count). The van der Waals surface area contributed by atoms with E-state index >= 15 is 0 Å². The molecule has 0 unspecified atom stereocenters. The largest absolute Gasteiger partial charge is 0.376 e. The van der Waals surface area contributed by atoms with Crippen molar-refractivity contribution in [2.75, 3.05) is 18.9 Å². The molecule has 0 spiro atoms. The number of amides is 1. The highest BCUT2D eigenvalue weighted by molar-refractivity contribution is 7.92. The highest BCUT2D eigenvalue weighted by Gasteiger charge is 2.28. The molecule has 1 amide bonds. The zero-order valence-electron chi connectivity index (χ0n) is 15.2. The van der Waals surface area contributed by atoms with E-state index in [1.165, 1.54) is 28.8 Å². The molecule has 1 aromatic carbocycles. The Bertz CT molecular complexity index is 968. The van der Waals surface area contributed by atoms with Gasteiger partial charge in [0, 0.05) is 19.7 Å². The van der Waals surface area contributed by atoms with Crippen molar-refractivity contribution in [3.05, 3.63) is 42.7 Å². The average Bonchev–Trinajstić information content (AvgIpc) is 3.30. The molecule has 1 saturated heterocycles. The minimum atomic E-state index is -4.09. The molecule has 0 bridgehead atoms. The van der Waals surface area contributed by atoms with Gasteiger partial charge in [-0.1, -0.05) is 18.2 Å². The van der Waals surface area contributed by atoms with Crippen LogP contribution < -0.4 is 5.32 Å². The van der Waals surface area contributed by atoms with Crippen molar-refractivity contribution in [1.29, 1.82) is 0 Å². The van der Waals surface area contributed by atoms with Crippen molar-refractivity contribution >= 4 is 15.7 Å². The summed E-state index contributed by atoms with van der Waals surface area (Å²) in [5.74, 6) is -1.95. The SMILES string of the molecule is C=CCn1c(-c2ccccc2F)nnc1S(=O)(=O)CC(=O)NC[C@@H]1CCCO1. The highest BCUT2D eigenvalue weighted by Crippen LogP contribution is 2.24. The predicted octanol–water partition coefficient (Wildman–Crippen LogP) is 1.34. The van der Waals surface area contributed by atoms with Crippen LogP contribution in [0.4, 0.5) is 4.39 Å². The maximum Gasteiger partial charge on any atom is 0.250 e. The van der Waals surface area contributed by atoms with Gasteiger partial charge in [0.15, 0.2) is 5.82 Å². The van der Waals surface area contributed by atoms with Crippen molar-refractivity contribution in [1.82, 2.24) is 20.1 Å². The van der Waals surface area contributed by atoms with Gasteiger partial charge in [0.1, 0.15) is 11.6 Å². The lowest BCUT2D eigenvalue weighted by Gasteiger charge is -2.11. The number of hydrogen-bond donors (Lipinski definition) is 1. The molecule has 0 radical (unpaired) electrons. The maximum atomic E-state index is 14.1. The molecule has 1 aliphatic rings. The fourth-order valence-electron chi connectivity index (χ4n) is 2.98. The molecule has 1 N–H and O–H groups in total. The Morgan fingerprint density at radius 3 is 2.86 bits per heavy atom. The Hall–Kier alpha value is -2.59. The maximum absolute atomic E-state index is 14.1. The van der Waals surface area contributed by atoms with Gasteiger partial charge in [-0.25, -0.2) is 12.8 Å². The Labute approximate surface area is 162 Å². The van der Waals surface area contributed by atoms with Crippen LogP contribution in [0.25, 0.3) is 11.4 Å². The lowest BCUT2D eigenvalue weighted by molar-refractivity contribution is -0.119. The first-order valence-electron chi connectivity index (χ1n) is 8.82. The second-order valence-electron chi connectivity index (χ2n) is 6.38. The first-order valence-corrected chi connectivity index (χ1v) is 10.5. The van der Waals surface area contributed by atoms with E-state index < -0.39 is 32.5 Å². The second kappa shape index (κ2) is 8.61. The molecule has 8 nitrogen and oxygen atoms in total. The Morgan fingerprint density at radius 2 is 2.18 bits per heavy atom. The first kappa shape index (κ1) is 20.2. The van der Waals surface area contributed by atoms with Gasteiger partial charge >= 0.3 is 0 Å². The topological polar surface area (TPSA) is 103 Å². The number of nitrogens with one attached hydrogen (secondary N) is 1. The number of ether oxygens (including phenoxy) is 1. The fraction of sp³-hybridized carbons (Fsp3) is 0.389. The van der Waals surface area contributed by atoms with Crippen molar-refractivity contribution < 1.29 is 22.3 Å². The number of carbonyl (C=O) groups excluding carboxylic acids is 1. The van der Waals surface area contributed by atoms with Crippen molar-refractivity contribution in [3.63, 3.8) is 0 Å².